The summed E-state index contributed by atoms with van der Waals surface area (Å²) >= 11 is 0. The molecule has 0 spiro atoms. The maximum Gasteiger partial charge on any atom is 0.343 e. The zero-order valence-electron chi connectivity index (χ0n) is 14.8. The van der Waals surface area contributed by atoms with Gasteiger partial charge in [-0.05, 0) is 42.8 Å². The molecule has 0 aliphatic carbocycles. The highest BCUT2D eigenvalue weighted by Gasteiger charge is 2.67. The van der Waals surface area contributed by atoms with E-state index < -0.39 is 32.7 Å². The van der Waals surface area contributed by atoms with Crippen molar-refractivity contribution in [2.45, 2.75) is 31.1 Å². The molecule has 10 heteroatoms. The molecule has 0 saturated carbocycles. The van der Waals surface area contributed by atoms with Crippen LogP contribution in [0.4, 0.5) is 23.8 Å². The topological polar surface area (TPSA) is 35.5 Å². The average Bonchev–Trinajstić information content (AvgIpc) is 2.57. The van der Waals surface area contributed by atoms with Gasteiger partial charge < -0.3 is 9.47 Å². The lowest BCUT2D eigenvalue weighted by atomic mass is 10.2. The molecule has 156 valence electrons. The summed E-state index contributed by atoms with van der Waals surface area (Å²) in [6, 6.07) is 6.12. The van der Waals surface area contributed by atoms with E-state index in [-0.39, 0.29) is 17.7 Å². The van der Waals surface area contributed by atoms with Gasteiger partial charge in [0.25, 0.3) is 0 Å². The number of hydrogen-bond acceptors (Lipinski definition) is 3. The van der Waals surface area contributed by atoms with Gasteiger partial charge in [-0.3, -0.25) is 0 Å². The molecule has 0 aliphatic rings. The third kappa shape index (κ3) is 6.08. The summed E-state index contributed by atoms with van der Waals surface area (Å²) in [7, 11) is -10.2. The number of esters is 1. The second-order valence-electron chi connectivity index (χ2n) is 6.03. The molecule has 0 unspecified atom stereocenters. The predicted octanol–water partition coefficient (Wildman–Crippen LogP) is 7.27. The van der Waals surface area contributed by atoms with Crippen molar-refractivity contribution in [1.29, 1.82) is 0 Å². The predicted molar refractivity (Wildman–Crippen MR) is 94.2 cm³/mol. The van der Waals surface area contributed by atoms with Crippen LogP contribution in [-0.4, -0.2) is 12.6 Å². The van der Waals surface area contributed by atoms with E-state index >= 15 is 0 Å². The van der Waals surface area contributed by atoms with E-state index in [9.17, 15) is 28.6 Å². The lowest BCUT2D eigenvalue weighted by Crippen LogP contribution is -2.11. The summed E-state index contributed by atoms with van der Waals surface area (Å²) in [4.78, 5) is 9.33. The first-order valence-corrected chi connectivity index (χ1v) is 10.2. The van der Waals surface area contributed by atoms with Crippen molar-refractivity contribution < 1.29 is 38.1 Å². The Morgan fingerprint density at radius 2 is 1.54 bits per heavy atom. The Bertz CT molecular complexity index is 851. The van der Waals surface area contributed by atoms with Gasteiger partial charge in [-0.1, -0.05) is 39.2 Å². The SMILES string of the molecule is CCCCCOc1ccc(C(=O)Oc2ccc(S(F)(F)(F)(F)F)c(F)c2)cc1. The first-order valence-electron chi connectivity index (χ1n) is 8.29. The molecule has 0 fully saturated rings. The molecule has 0 N–H and O–H groups in total. The third-order valence-corrected chi connectivity index (χ3v) is 4.80. The maximum atomic E-state index is 13.5. The van der Waals surface area contributed by atoms with E-state index in [4.69, 9.17) is 9.47 Å². The highest BCUT2D eigenvalue weighted by molar-refractivity contribution is 8.45. The Balaban J connectivity index is 2.06. The second kappa shape index (κ2) is 7.23. The summed E-state index contributed by atoms with van der Waals surface area (Å²) in [5, 5.41) is 0. The summed E-state index contributed by atoms with van der Waals surface area (Å²) in [5.74, 6) is -3.33. The number of rotatable bonds is 8. The van der Waals surface area contributed by atoms with Gasteiger partial charge in [0.05, 0.1) is 12.2 Å². The van der Waals surface area contributed by atoms with Gasteiger partial charge in [0, 0.05) is 6.07 Å². The van der Waals surface area contributed by atoms with Crippen LogP contribution in [0.15, 0.2) is 47.4 Å². The van der Waals surface area contributed by atoms with Gasteiger partial charge in [-0.25, -0.2) is 9.18 Å². The van der Waals surface area contributed by atoms with E-state index in [1.807, 2.05) is 0 Å². The van der Waals surface area contributed by atoms with E-state index in [0.29, 0.717) is 18.4 Å². The largest absolute Gasteiger partial charge is 0.494 e. The van der Waals surface area contributed by atoms with Crippen molar-refractivity contribution in [2.75, 3.05) is 6.61 Å². The quantitative estimate of drug-likeness (QED) is 0.192. The van der Waals surface area contributed by atoms with E-state index in [0.717, 1.165) is 19.3 Å². The Kier molecular flexibility index (Phi) is 5.66. The minimum Gasteiger partial charge on any atom is -0.494 e. The van der Waals surface area contributed by atoms with Crippen LogP contribution >= 0.6 is 10.2 Å². The van der Waals surface area contributed by atoms with Gasteiger partial charge in [-0.2, -0.15) is 0 Å². The lowest BCUT2D eigenvalue weighted by Gasteiger charge is -2.40. The number of hydrogen-bond donors (Lipinski definition) is 0. The number of ether oxygens (including phenoxy) is 2. The molecule has 0 saturated heterocycles. The van der Waals surface area contributed by atoms with Crippen LogP contribution in [0.1, 0.15) is 36.5 Å². The molecule has 2 rings (SSSR count). The van der Waals surface area contributed by atoms with Crippen LogP contribution in [0.2, 0.25) is 0 Å². The summed E-state index contributed by atoms with van der Waals surface area (Å²) < 4.78 is 87.1. The molecule has 0 bridgehead atoms. The molecule has 2 aromatic rings. The molecule has 0 atom stereocenters. The second-order valence-corrected chi connectivity index (χ2v) is 8.41. The fraction of sp³-hybridized carbons (Fsp3) is 0.278. The smallest absolute Gasteiger partial charge is 0.343 e. The van der Waals surface area contributed by atoms with Gasteiger partial charge in [0.1, 0.15) is 22.2 Å². The van der Waals surface area contributed by atoms with E-state index in [1.54, 1.807) is 0 Å². The van der Waals surface area contributed by atoms with Crippen molar-refractivity contribution >= 4 is 16.2 Å². The fourth-order valence-corrected chi connectivity index (χ4v) is 3.01. The Hall–Kier alpha value is -2.36. The molecule has 0 heterocycles. The standard InChI is InChI=1S/C18H18F6O3S/c1-2-3-4-11-26-14-7-5-13(6-8-14)18(25)27-15-9-10-17(16(19)12-15)28(20,21,22,23)24/h5-10,12H,2-4,11H2,1H3. The first-order chi connectivity index (χ1) is 12.8. The summed E-state index contributed by atoms with van der Waals surface area (Å²) in [6.45, 7) is 2.56. The number of carbonyl (C=O) groups is 1. The fourth-order valence-electron chi connectivity index (χ4n) is 2.25. The summed E-state index contributed by atoms with van der Waals surface area (Å²) in [5.41, 5.74) is 0.0260. The minimum absolute atomic E-state index is 0.0260. The van der Waals surface area contributed by atoms with E-state index in [2.05, 4.69) is 6.92 Å². The van der Waals surface area contributed by atoms with Crippen LogP contribution in [0.25, 0.3) is 0 Å². The molecule has 0 aliphatic heterocycles. The molecule has 0 radical (unpaired) electrons. The van der Waals surface area contributed by atoms with Crippen LogP contribution in [0, 0.1) is 5.82 Å². The molecule has 3 nitrogen and oxygen atoms in total. The Labute approximate surface area is 158 Å². The van der Waals surface area contributed by atoms with Gasteiger partial charge in [0.15, 0.2) is 0 Å². The third-order valence-electron chi connectivity index (χ3n) is 3.64. The normalized spacial score (nSPS) is 14.1. The van der Waals surface area contributed by atoms with Gasteiger partial charge in [-0.15, -0.1) is 0 Å². The maximum absolute atomic E-state index is 13.5. The van der Waals surface area contributed by atoms with Crippen molar-refractivity contribution in [3.63, 3.8) is 0 Å². The van der Waals surface area contributed by atoms with Crippen molar-refractivity contribution in [2.24, 2.45) is 0 Å². The molecule has 0 aromatic heterocycles. The van der Waals surface area contributed by atoms with Crippen molar-refractivity contribution in [3.05, 3.63) is 53.8 Å². The number of unbranched alkanes of at least 4 members (excludes halogenated alkanes) is 2. The lowest BCUT2D eigenvalue weighted by molar-refractivity contribution is 0.0734. The van der Waals surface area contributed by atoms with Crippen molar-refractivity contribution in [3.8, 4) is 11.5 Å². The zero-order chi connectivity index (χ0) is 21.1. The number of carbonyl (C=O) groups excluding carboxylic acids is 1. The molecular weight excluding hydrogens is 410 g/mol. The Morgan fingerprint density at radius 1 is 0.929 bits per heavy atom. The zero-order valence-corrected chi connectivity index (χ0v) is 15.6. The van der Waals surface area contributed by atoms with Crippen LogP contribution in [0.3, 0.4) is 0 Å². The molecule has 0 amide bonds. The molecular formula is C18H18F6O3S. The van der Waals surface area contributed by atoms with Crippen LogP contribution < -0.4 is 9.47 Å². The molecule has 2 aromatic carbocycles. The summed E-state index contributed by atoms with van der Waals surface area (Å²) in [6.07, 6.45) is 2.93. The number of halogens is 6. The average molecular weight is 428 g/mol. The van der Waals surface area contributed by atoms with Crippen LogP contribution in [-0.2, 0) is 0 Å². The van der Waals surface area contributed by atoms with Crippen molar-refractivity contribution in [1.82, 2.24) is 0 Å². The highest BCUT2D eigenvalue weighted by atomic mass is 32.5. The highest BCUT2D eigenvalue weighted by Crippen LogP contribution is 3.02. The van der Waals surface area contributed by atoms with Gasteiger partial charge in [0.2, 0.25) is 0 Å². The minimum atomic E-state index is -10.2. The first kappa shape index (κ1) is 21.9. The molecule has 28 heavy (non-hydrogen) atoms. The number of benzene rings is 2. The van der Waals surface area contributed by atoms with Crippen LogP contribution in [0.5, 0.6) is 11.5 Å². The van der Waals surface area contributed by atoms with E-state index in [1.165, 1.54) is 24.3 Å². The Morgan fingerprint density at radius 3 is 2.07 bits per heavy atom. The van der Waals surface area contributed by atoms with Gasteiger partial charge >= 0.3 is 16.2 Å². The monoisotopic (exact) mass is 428 g/mol.